The van der Waals surface area contributed by atoms with E-state index in [1.807, 2.05) is 0 Å². The number of nitrogens with zero attached hydrogens (tertiary/aromatic N) is 2. The van der Waals surface area contributed by atoms with E-state index in [2.05, 4.69) is 10.4 Å². The molecule has 2 rings (SSSR count). The summed E-state index contributed by atoms with van der Waals surface area (Å²) >= 11 is 0. The first-order valence-electron chi connectivity index (χ1n) is 6.29. The molecule has 1 N–H and O–H groups in total. The number of esters is 1. The van der Waals surface area contributed by atoms with Gasteiger partial charge in [-0.1, -0.05) is 6.07 Å². The molecule has 0 atom stereocenters. The number of anilines is 1. The number of hydrogen-bond donors (Lipinski definition) is 1. The summed E-state index contributed by atoms with van der Waals surface area (Å²) in [5, 5.41) is 7.11. The zero-order chi connectivity index (χ0) is 14.5. The Morgan fingerprint density at radius 3 is 3.00 bits per heavy atom. The number of nitrogens with one attached hydrogen (secondary N) is 1. The number of halogens is 1. The first kappa shape index (κ1) is 14.0. The number of aryl methyl sites for hydroxylation is 1. The van der Waals surface area contributed by atoms with E-state index in [0.29, 0.717) is 30.1 Å². The Bertz CT molecular complexity index is 610. The van der Waals surface area contributed by atoms with E-state index in [0.717, 1.165) is 0 Å². The molecular formula is C14H16FN3O2. The maximum Gasteiger partial charge on any atom is 0.341 e. The summed E-state index contributed by atoms with van der Waals surface area (Å²) in [6.07, 6.45) is 1.47. The Hall–Kier alpha value is -2.37. The molecule has 0 unspecified atom stereocenters. The number of carbonyl (C=O) groups excluding carboxylic acids is 1. The lowest BCUT2D eigenvalue weighted by Gasteiger charge is -2.09. The van der Waals surface area contributed by atoms with Gasteiger partial charge in [-0.05, 0) is 25.1 Å². The minimum atomic E-state index is -0.406. The van der Waals surface area contributed by atoms with Crippen molar-refractivity contribution < 1.29 is 13.9 Å². The largest absolute Gasteiger partial charge is 0.462 e. The minimum Gasteiger partial charge on any atom is -0.462 e. The highest BCUT2D eigenvalue weighted by molar-refractivity contribution is 5.90. The van der Waals surface area contributed by atoms with Gasteiger partial charge in [0.15, 0.2) is 0 Å². The van der Waals surface area contributed by atoms with Crippen molar-refractivity contribution in [1.82, 2.24) is 9.78 Å². The van der Waals surface area contributed by atoms with E-state index >= 15 is 0 Å². The summed E-state index contributed by atoms with van der Waals surface area (Å²) < 4.78 is 19.7. The predicted octanol–water partition coefficient (Wildman–Crippen LogP) is 2.35. The van der Waals surface area contributed by atoms with Crippen molar-refractivity contribution in [2.24, 2.45) is 7.05 Å². The normalized spacial score (nSPS) is 10.3. The molecule has 1 aromatic carbocycles. The maximum absolute atomic E-state index is 13.1. The standard InChI is InChI=1S/C14H16FN3O2/c1-3-20-14(19)12-8-17-18(2)13(12)9-16-11-6-4-5-10(15)7-11/h4-8,16H,3,9H2,1-2H3. The SMILES string of the molecule is CCOC(=O)c1cnn(C)c1CNc1cccc(F)c1. The van der Waals surface area contributed by atoms with Gasteiger partial charge in [-0.3, -0.25) is 4.68 Å². The van der Waals surface area contributed by atoms with Gasteiger partial charge in [-0.25, -0.2) is 9.18 Å². The van der Waals surface area contributed by atoms with Gasteiger partial charge in [0.2, 0.25) is 0 Å². The van der Waals surface area contributed by atoms with Gasteiger partial charge in [0.1, 0.15) is 11.4 Å². The summed E-state index contributed by atoms with van der Waals surface area (Å²) in [4.78, 5) is 11.8. The lowest BCUT2D eigenvalue weighted by Crippen LogP contribution is -2.12. The monoisotopic (exact) mass is 277 g/mol. The quantitative estimate of drug-likeness (QED) is 0.852. The van der Waals surface area contributed by atoms with E-state index in [1.165, 1.54) is 18.3 Å². The highest BCUT2D eigenvalue weighted by atomic mass is 19.1. The van der Waals surface area contributed by atoms with Crippen molar-refractivity contribution in [3.05, 3.63) is 47.5 Å². The second kappa shape index (κ2) is 6.18. The van der Waals surface area contributed by atoms with Crippen LogP contribution in [0.2, 0.25) is 0 Å². The zero-order valence-electron chi connectivity index (χ0n) is 11.4. The first-order chi connectivity index (χ1) is 9.61. The van der Waals surface area contributed by atoms with Gasteiger partial charge in [0.05, 0.1) is 25.0 Å². The van der Waals surface area contributed by atoms with E-state index < -0.39 is 5.97 Å². The molecule has 20 heavy (non-hydrogen) atoms. The second-order valence-corrected chi connectivity index (χ2v) is 4.21. The van der Waals surface area contributed by atoms with Crippen molar-refractivity contribution in [1.29, 1.82) is 0 Å². The van der Waals surface area contributed by atoms with Crippen LogP contribution in [0.1, 0.15) is 23.0 Å². The van der Waals surface area contributed by atoms with Gasteiger partial charge in [0.25, 0.3) is 0 Å². The molecule has 0 fully saturated rings. The summed E-state index contributed by atoms with van der Waals surface area (Å²) in [6, 6.07) is 6.14. The van der Waals surface area contributed by atoms with Crippen molar-refractivity contribution in [3.63, 3.8) is 0 Å². The molecule has 106 valence electrons. The highest BCUT2D eigenvalue weighted by Gasteiger charge is 2.16. The van der Waals surface area contributed by atoms with Crippen LogP contribution in [0.3, 0.4) is 0 Å². The van der Waals surface area contributed by atoms with Gasteiger partial charge >= 0.3 is 5.97 Å². The third kappa shape index (κ3) is 3.14. The molecule has 0 aliphatic heterocycles. The molecule has 6 heteroatoms. The molecule has 5 nitrogen and oxygen atoms in total. The molecule has 0 radical (unpaired) electrons. The van der Waals surface area contributed by atoms with Crippen LogP contribution in [0.25, 0.3) is 0 Å². The maximum atomic E-state index is 13.1. The van der Waals surface area contributed by atoms with Crippen LogP contribution >= 0.6 is 0 Å². The first-order valence-corrected chi connectivity index (χ1v) is 6.29. The summed E-state index contributed by atoms with van der Waals surface area (Å²) in [5.41, 5.74) is 1.74. The van der Waals surface area contributed by atoms with Crippen LogP contribution in [0.15, 0.2) is 30.5 Å². The third-order valence-corrected chi connectivity index (χ3v) is 2.84. The summed E-state index contributed by atoms with van der Waals surface area (Å²) in [6.45, 7) is 2.41. The van der Waals surface area contributed by atoms with Crippen LogP contribution in [-0.2, 0) is 18.3 Å². The number of benzene rings is 1. The molecule has 2 aromatic rings. The average Bonchev–Trinajstić information content (AvgIpc) is 2.78. The predicted molar refractivity (Wildman–Crippen MR) is 72.9 cm³/mol. The molecule has 0 saturated carbocycles. The Morgan fingerprint density at radius 1 is 1.50 bits per heavy atom. The highest BCUT2D eigenvalue weighted by Crippen LogP contribution is 2.14. The zero-order valence-corrected chi connectivity index (χ0v) is 11.4. The molecular weight excluding hydrogens is 261 g/mol. The van der Waals surface area contributed by atoms with Crippen molar-refractivity contribution in [2.75, 3.05) is 11.9 Å². The van der Waals surface area contributed by atoms with Gasteiger partial charge < -0.3 is 10.1 Å². The fraction of sp³-hybridized carbons (Fsp3) is 0.286. The Balaban J connectivity index is 2.13. The van der Waals surface area contributed by atoms with Gasteiger partial charge in [-0.2, -0.15) is 5.10 Å². The molecule has 0 bridgehead atoms. The van der Waals surface area contributed by atoms with Gasteiger partial charge in [-0.15, -0.1) is 0 Å². The van der Waals surface area contributed by atoms with E-state index in [1.54, 1.807) is 30.8 Å². The number of aromatic nitrogens is 2. The van der Waals surface area contributed by atoms with Crippen molar-refractivity contribution in [3.8, 4) is 0 Å². The summed E-state index contributed by atoms with van der Waals surface area (Å²) in [5.74, 6) is -0.720. The van der Waals surface area contributed by atoms with Gasteiger partial charge in [0, 0.05) is 12.7 Å². The average molecular weight is 277 g/mol. The van der Waals surface area contributed by atoms with Crippen LogP contribution in [0.4, 0.5) is 10.1 Å². The topological polar surface area (TPSA) is 56.1 Å². The third-order valence-electron chi connectivity index (χ3n) is 2.84. The van der Waals surface area contributed by atoms with Crippen LogP contribution < -0.4 is 5.32 Å². The Kier molecular flexibility index (Phi) is 4.34. The van der Waals surface area contributed by atoms with Crippen LogP contribution in [0.5, 0.6) is 0 Å². The van der Waals surface area contributed by atoms with Crippen LogP contribution in [0, 0.1) is 5.82 Å². The molecule has 0 saturated heterocycles. The summed E-state index contributed by atoms with van der Waals surface area (Å²) in [7, 11) is 1.74. The molecule has 0 aliphatic rings. The smallest absolute Gasteiger partial charge is 0.341 e. The fourth-order valence-electron chi connectivity index (χ4n) is 1.84. The fourth-order valence-corrected chi connectivity index (χ4v) is 1.84. The van der Waals surface area contributed by atoms with Crippen LogP contribution in [-0.4, -0.2) is 22.4 Å². The lowest BCUT2D eigenvalue weighted by molar-refractivity contribution is 0.0525. The molecule has 0 aliphatic carbocycles. The molecule has 1 aromatic heterocycles. The second-order valence-electron chi connectivity index (χ2n) is 4.21. The lowest BCUT2D eigenvalue weighted by atomic mass is 10.2. The number of ether oxygens (including phenoxy) is 1. The minimum absolute atomic E-state index is 0.310. The number of rotatable bonds is 5. The van der Waals surface area contributed by atoms with E-state index in [-0.39, 0.29) is 5.82 Å². The Labute approximate surface area is 116 Å². The van der Waals surface area contributed by atoms with E-state index in [4.69, 9.17) is 4.74 Å². The molecule has 0 amide bonds. The molecule has 1 heterocycles. The number of hydrogen-bond acceptors (Lipinski definition) is 4. The van der Waals surface area contributed by atoms with Crippen molar-refractivity contribution >= 4 is 11.7 Å². The molecule has 0 spiro atoms. The van der Waals surface area contributed by atoms with Crippen molar-refractivity contribution in [2.45, 2.75) is 13.5 Å². The van der Waals surface area contributed by atoms with E-state index in [9.17, 15) is 9.18 Å². The Morgan fingerprint density at radius 2 is 2.30 bits per heavy atom. The number of carbonyl (C=O) groups is 1.